The number of carboxylic acid groups (broad SMARTS) is 1. The fourth-order valence-electron chi connectivity index (χ4n) is 2.61. The first-order chi connectivity index (χ1) is 9.69. The molecule has 0 saturated carbocycles. The van der Waals surface area contributed by atoms with E-state index in [1.54, 1.807) is 0 Å². The quantitative estimate of drug-likeness (QED) is 0.867. The molecule has 4 heteroatoms. The van der Waals surface area contributed by atoms with Crippen molar-refractivity contribution in [2.45, 2.75) is 26.2 Å². The van der Waals surface area contributed by atoms with Gasteiger partial charge in [-0.1, -0.05) is 19.1 Å². The summed E-state index contributed by atoms with van der Waals surface area (Å²) >= 11 is 0. The van der Waals surface area contributed by atoms with Gasteiger partial charge in [-0.05, 0) is 43.5 Å². The Kier molecular flexibility index (Phi) is 5.41. The van der Waals surface area contributed by atoms with Crippen LogP contribution in [0.5, 0.6) is 5.75 Å². The van der Waals surface area contributed by atoms with Gasteiger partial charge in [0, 0.05) is 13.1 Å². The second-order valence-electron chi connectivity index (χ2n) is 5.33. The van der Waals surface area contributed by atoms with Crippen LogP contribution in [0.1, 0.15) is 25.3 Å². The van der Waals surface area contributed by atoms with Gasteiger partial charge in [-0.15, -0.1) is 0 Å². The zero-order valence-electron chi connectivity index (χ0n) is 12.0. The maximum atomic E-state index is 11.0. The van der Waals surface area contributed by atoms with Gasteiger partial charge in [0.2, 0.25) is 0 Å². The minimum Gasteiger partial charge on any atom is -0.492 e. The van der Waals surface area contributed by atoms with Crippen molar-refractivity contribution in [3.8, 4) is 5.75 Å². The molecule has 1 aliphatic heterocycles. The number of likely N-dealkylation sites (tertiary alicyclic amines) is 1. The van der Waals surface area contributed by atoms with Crippen LogP contribution in [-0.4, -0.2) is 42.2 Å². The lowest BCUT2D eigenvalue weighted by atomic mass is 9.98. The lowest BCUT2D eigenvalue weighted by Crippen LogP contribution is -2.40. The molecule has 0 unspecified atom stereocenters. The van der Waals surface area contributed by atoms with Gasteiger partial charge in [0.05, 0.1) is 5.92 Å². The molecule has 4 nitrogen and oxygen atoms in total. The third-order valence-corrected chi connectivity index (χ3v) is 3.84. The lowest BCUT2D eigenvalue weighted by Gasteiger charge is -2.30. The van der Waals surface area contributed by atoms with Crippen LogP contribution >= 0.6 is 0 Å². The number of ether oxygens (including phenoxy) is 1. The molecule has 1 heterocycles. The first-order valence-electron chi connectivity index (χ1n) is 7.36. The molecular weight excluding hydrogens is 254 g/mol. The van der Waals surface area contributed by atoms with Gasteiger partial charge >= 0.3 is 5.97 Å². The van der Waals surface area contributed by atoms with E-state index in [9.17, 15) is 4.79 Å². The van der Waals surface area contributed by atoms with Gasteiger partial charge in [-0.25, -0.2) is 0 Å². The third-order valence-electron chi connectivity index (χ3n) is 3.84. The number of piperidine rings is 1. The Balaban J connectivity index is 1.76. The number of carbonyl (C=O) groups is 1. The molecule has 1 atom stereocenters. The van der Waals surface area contributed by atoms with Crippen molar-refractivity contribution in [3.05, 3.63) is 29.8 Å². The minimum atomic E-state index is -0.675. The lowest BCUT2D eigenvalue weighted by molar-refractivity contribution is -0.143. The highest BCUT2D eigenvalue weighted by atomic mass is 16.5. The Morgan fingerprint density at radius 2 is 2.35 bits per heavy atom. The average molecular weight is 277 g/mol. The van der Waals surface area contributed by atoms with Gasteiger partial charge in [0.15, 0.2) is 0 Å². The number of hydrogen-bond donors (Lipinski definition) is 1. The molecule has 0 aromatic heterocycles. The van der Waals surface area contributed by atoms with Crippen molar-refractivity contribution in [2.75, 3.05) is 26.2 Å². The van der Waals surface area contributed by atoms with E-state index < -0.39 is 5.97 Å². The molecule has 110 valence electrons. The summed E-state index contributed by atoms with van der Waals surface area (Å²) < 4.78 is 5.76. The second-order valence-corrected chi connectivity index (χ2v) is 5.33. The van der Waals surface area contributed by atoms with Crippen LogP contribution in [0.15, 0.2) is 24.3 Å². The van der Waals surface area contributed by atoms with E-state index in [0.717, 1.165) is 38.1 Å². The van der Waals surface area contributed by atoms with E-state index in [4.69, 9.17) is 9.84 Å². The van der Waals surface area contributed by atoms with Crippen molar-refractivity contribution in [1.29, 1.82) is 0 Å². The number of aliphatic carboxylic acids is 1. The fraction of sp³-hybridized carbons (Fsp3) is 0.562. The molecule has 1 aromatic carbocycles. The number of aryl methyl sites for hydroxylation is 1. The third kappa shape index (κ3) is 4.23. The van der Waals surface area contributed by atoms with Crippen LogP contribution in [0.2, 0.25) is 0 Å². The van der Waals surface area contributed by atoms with Crippen LogP contribution < -0.4 is 4.74 Å². The topological polar surface area (TPSA) is 49.8 Å². The van der Waals surface area contributed by atoms with Crippen LogP contribution in [0.25, 0.3) is 0 Å². The molecule has 0 amide bonds. The van der Waals surface area contributed by atoms with Crippen LogP contribution in [-0.2, 0) is 11.2 Å². The van der Waals surface area contributed by atoms with Crippen molar-refractivity contribution >= 4 is 5.97 Å². The monoisotopic (exact) mass is 277 g/mol. The minimum absolute atomic E-state index is 0.216. The first-order valence-corrected chi connectivity index (χ1v) is 7.36. The summed E-state index contributed by atoms with van der Waals surface area (Å²) in [5, 5.41) is 9.06. The number of hydrogen-bond acceptors (Lipinski definition) is 3. The van der Waals surface area contributed by atoms with E-state index in [1.807, 2.05) is 12.1 Å². The molecule has 0 spiro atoms. The van der Waals surface area contributed by atoms with Gasteiger partial charge in [0.25, 0.3) is 0 Å². The van der Waals surface area contributed by atoms with Crippen molar-refractivity contribution in [1.82, 2.24) is 4.90 Å². The number of benzene rings is 1. The Morgan fingerprint density at radius 3 is 3.10 bits per heavy atom. The Labute approximate surface area is 120 Å². The summed E-state index contributed by atoms with van der Waals surface area (Å²) in [5.41, 5.74) is 1.27. The SMILES string of the molecule is CCc1cccc(OCCN2CCC[C@@H](C(=O)O)C2)c1. The predicted molar refractivity (Wildman–Crippen MR) is 78.1 cm³/mol. The van der Waals surface area contributed by atoms with E-state index in [1.165, 1.54) is 5.56 Å². The maximum Gasteiger partial charge on any atom is 0.307 e. The standard InChI is InChI=1S/C16H23NO3/c1-2-13-5-3-7-15(11-13)20-10-9-17-8-4-6-14(12-17)16(18)19/h3,5,7,11,14H,2,4,6,8-10,12H2,1H3,(H,18,19)/t14-/m1/s1. The summed E-state index contributed by atoms with van der Waals surface area (Å²) in [5.74, 6) is 0.00887. The van der Waals surface area contributed by atoms with Crippen LogP contribution in [0.3, 0.4) is 0 Å². The van der Waals surface area contributed by atoms with Gasteiger partial charge < -0.3 is 9.84 Å². The van der Waals surface area contributed by atoms with Crippen molar-refractivity contribution in [2.24, 2.45) is 5.92 Å². The molecule has 0 bridgehead atoms. The molecule has 0 aliphatic carbocycles. The normalized spacial score (nSPS) is 19.8. The molecule has 1 N–H and O–H groups in total. The average Bonchev–Trinajstić information content (AvgIpc) is 2.48. The summed E-state index contributed by atoms with van der Waals surface area (Å²) in [7, 11) is 0. The predicted octanol–water partition coefficient (Wildman–Crippen LogP) is 2.42. The highest BCUT2D eigenvalue weighted by molar-refractivity contribution is 5.70. The zero-order valence-corrected chi connectivity index (χ0v) is 12.0. The molecular formula is C16H23NO3. The summed E-state index contributed by atoms with van der Waals surface area (Å²) in [4.78, 5) is 13.2. The molecule has 1 fully saturated rings. The Morgan fingerprint density at radius 1 is 1.50 bits per heavy atom. The number of carboxylic acids is 1. The van der Waals surface area contributed by atoms with Gasteiger partial charge in [0.1, 0.15) is 12.4 Å². The highest BCUT2D eigenvalue weighted by Crippen LogP contribution is 2.17. The van der Waals surface area contributed by atoms with Gasteiger partial charge in [-0.2, -0.15) is 0 Å². The number of rotatable bonds is 6. The molecule has 1 aromatic rings. The molecule has 1 aliphatic rings. The summed E-state index contributed by atoms with van der Waals surface area (Å²) in [6, 6.07) is 8.14. The Hall–Kier alpha value is -1.55. The zero-order chi connectivity index (χ0) is 14.4. The number of nitrogens with zero attached hydrogens (tertiary/aromatic N) is 1. The summed E-state index contributed by atoms with van der Waals surface area (Å²) in [6.45, 7) is 5.15. The molecule has 2 rings (SSSR count). The highest BCUT2D eigenvalue weighted by Gasteiger charge is 2.24. The Bertz CT molecular complexity index is 447. The molecule has 1 saturated heterocycles. The van der Waals surface area contributed by atoms with Crippen molar-refractivity contribution in [3.63, 3.8) is 0 Å². The van der Waals surface area contributed by atoms with E-state index >= 15 is 0 Å². The van der Waals surface area contributed by atoms with Crippen molar-refractivity contribution < 1.29 is 14.6 Å². The van der Waals surface area contributed by atoms with E-state index in [-0.39, 0.29) is 5.92 Å². The van der Waals surface area contributed by atoms with Crippen LogP contribution in [0, 0.1) is 5.92 Å². The molecule has 20 heavy (non-hydrogen) atoms. The van der Waals surface area contributed by atoms with Gasteiger partial charge in [-0.3, -0.25) is 9.69 Å². The molecule has 0 radical (unpaired) electrons. The second kappa shape index (κ2) is 7.29. The summed E-state index contributed by atoms with van der Waals surface area (Å²) in [6.07, 6.45) is 2.76. The smallest absolute Gasteiger partial charge is 0.307 e. The first kappa shape index (κ1) is 14.9. The largest absolute Gasteiger partial charge is 0.492 e. The van der Waals surface area contributed by atoms with Crippen LogP contribution in [0.4, 0.5) is 0 Å². The van der Waals surface area contributed by atoms with E-state index in [0.29, 0.717) is 13.2 Å². The van der Waals surface area contributed by atoms with E-state index in [2.05, 4.69) is 24.0 Å². The fourth-order valence-corrected chi connectivity index (χ4v) is 2.61. The maximum absolute atomic E-state index is 11.0.